The van der Waals surface area contributed by atoms with E-state index in [4.69, 9.17) is 14.5 Å². The van der Waals surface area contributed by atoms with Gasteiger partial charge in [-0.15, -0.1) is 0 Å². The topological polar surface area (TPSA) is 111 Å². The molecule has 2 bridgehead atoms. The molecule has 1 aliphatic carbocycles. The highest BCUT2D eigenvalue weighted by atomic mass is 19.1. The van der Waals surface area contributed by atoms with Crippen LogP contribution in [0.2, 0.25) is 0 Å². The number of amides is 1. The van der Waals surface area contributed by atoms with Crippen molar-refractivity contribution in [1.82, 2.24) is 29.7 Å². The van der Waals surface area contributed by atoms with Crippen LogP contribution in [0, 0.1) is 23.0 Å². The number of hydrogen-bond donors (Lipinski definition) is 0. The third-order valence-corrected chi connectivity index (χ3v) is 12.5. The van der Waals surface area contributed by atoms with Crippen molar-refractivity contribution in [3.63, 3.8) is 0 Å². The highest BCUT2D eigenvalue weighted by Gasteiger charge is 2.49. The zero-order chi connectivity index (χ0) is 37.0. The molecule has 3 aromatic rings. The van der Waals surface area contributed by atoms with Crippen molar-refractivity contribution in [3.8, 4) is 23.3 Å². The Kier molecular flexibility index (Phi) is 9.43. The molecule has 54 heavy (non-hydrogen) atoms. The fourth-order valence-electron chi connectivity index (χ4n) is 9.69. The number of rotatable bonds is 10. The molecule has 1 aromatic carbocycles. The molecular formula is C40H45F3N8O3. The number of nitrogens with zero attached hydrogens (tertiary/aromatic N) is 8. The molecule has 7 heterocycles. The number of hydrogen-bond acceptors (Lipinski definition) is 10. The largest absolute Gasteiger partial charge is 0.461 e. The number of carbonyl (C=O) groups is 1. The van der Waals surface area contributed by atoms with Crippen LogP contribution in [0.5, 0.6) is 6.01 Å². The summed E-state index contributed by atoms with van der Waals surface area (Å²) in [4.78, 5) is 35.7. The number of halogens is 3. The molecule has 2 unspecified atom stereocenters. The van der Waals surface area contributed by atoms with Crippen molar-refractivity contribution < 1.29 is 27.4 Å². The standard InChI is InChI=1S/C40H45F3N8O3/c41-26-18-40(12-3-14-49(40)20-26)24-54-39-46-37-31(19-45-36(35(37)43)30-4-1-5-32(42)34(30)25-7-8-25)38(47-39)48-16-17-51(27(21-48)11-13-44)33(52)6-2-15-50-28-9-10-29(50)23-53-22-28/h1-2,4-6,19,25-29H,3,7-12,14-18,20-24H2/b6-2+/t26-,27+,28?,29?,40+/m1/s1. The second-order valence-electron chi connectivity index (χ2n) is 15.9. The number of anilines is 1. The first-order valence-electron chi connectivity index (χ1n) is 19.4. The highest BCUT2D eigenvalue weighted by molar-refractivity contribution is 5.93. The summed E-state index contributed by atoms with van der Waals surface area (Å²) in [5.74, 6) is -0.865. The van der Waals surface area contributed by atoms with Gasteiger partial charge in [-0.05, 0) is 57.1 Å². The maximum atomic E-state index is 16.8. The molecule has 5 aliphatic heterocycles. The first kappa shape index (κ1) is 35.4. The number of morpholine rings is 1. The minimum Gasteiger partial charge on any atom is -0.461 e. The van der Waals surface area contributed by atoms with Crippen molar-refractivity contribution in [2.75, 3.05) is 64.0 Å². The van der Waals surface area contributed by atoms with Gasteiger partial charge in [0, 0.05) is 74.6 Å². The lowest BCUT2D eigenvalue weighted by Crippen LogP contribution is -2.55. The van der Waals surface area contributed by atoms with Gasteiger partial charge < -0.3 is 19.3 Å². The van der Waals surface area contributed by atoms with Crippen LogP contribution >= 0.6 is 0 Å². The van der Waals surface area contributed by atoms with Crippen LogP contribution in [0.1, 0.15) is 62.8 Å². The van der Waals surface area contributed by atoms with E-state index in [1.807, 2.05) is 11.0 Å². The van der Waals surface area contributed by atoms with Crippen molar-refractivity contribution in [2.45, 2.75) is 87.1 Å². The number of aromatic nitrogens is 3. The molecule has 1 amide bonds. The maximum absolute atomic E-state index is 16.8. The summed E-state index contributed by atoms with van der Waals surface area (Å²) in [5, 5.41) is 10.2. The SMILES string of the molecule is N#CC[C@H]1CN(c2nc(OC[C@@]34CCCN3C[C@H](F)C4)nc3c(F)c(-c4cccc(F)c4C4CC4)ncc23)CCN1C(=O)/C=C/CN1C2CCC1COC2. The van der Waals surface area contributed by atoms with Gasteiger partial charge in [0.1, 0.15) is 35.6 Å². The maximum Gasteiger partial charge on any atom is 0.319 e. The summed E-state index contributed by atoms with van der Waals surface area (Å²) < 4.78 is 58.5. The van der Waals surface area contributed by atoms with Crippen LogP contribution < -0.4 is 9.64 Å². The zero-order valence-corrected chi connectivity index (χ0v) is 30.3. The third-order valence-electron chi connectivity index (χ3n) is 12.5. The Labute approximate surface area is 312 Å². The number of carbonyl (C=O) groups excluding carboxylic acids is 1. The van der Waals surface area contributed by atoms with E-state index in [1.54, 1.807) is 23.1 Å². The van der Waals surface area contributed by atoms with Gasteiger partial charge in [0.15, 0.2) is 5.82 Å². The minimum absolute atomic E-state index is 0.00534. The van der Waals surface area contributed by atoms with E-state index in [1.165, 1.54) is 12.3 Å². The quantitative estimate of drug-likeness (QED) is 0.259. The average molecular weight is 743 g/mol. The van der Waals surface area contributed by atoms with Crippen molar-refractivity contribution in [3.05, 3.63) is 53.7 Å². The van der Waals surface area contributed by atoms with Gasteiger partial charge in [-0.3, -0.25) is 19.6 Å². The van der Waals surface area contributed by atoms with Gasteiger partial charge in [-0.25, -0.2) is 13.2 Å². The zero-order valence-electron chi connectivity index (χ0n) is 30.3. The predicted molar refractivity (Wildman–Crippen MR) is 195 cm³/mol. The molecular weight excluding hydrogens is 697 g/mol. The molecule has 1 saturated carbocycles. The van der Waals surface area contributed by atoms with Gasteiger partial charge in [0.05, 0.1) is 42.7 Å². The Hall–Kier alpha value is -4.32. The van der Waals surface area contributed by atoms with Crippen LogP contribution in [0.15, 0.2) is 36.5 Å². The number of alkyl halides is 1. The van der Waals surface area contributed by atoms with Gasteiger partial charge in [-0.1, -0.05) is 18.2 Å². The predicted octanol–water partition coefficient (Wildman–Crippen LogP) is 5.15. The smallest absolute Gasteiger partial charge is 0.319 e. The summed E-state index contributed by atoms with van der Waals surface area (Å²) in [6, 6.07) is 7.16. The highest BCUT2D eigenvalue weighted by Crippen LogP contribution is 2.46. The van der Waals surface area contributed by atoms with Gasteiger partial charge >= 0.3 is 6.01 Å². The summed E-state index contributed by atoms with van der Waals surface area (Å²) >= 11 is 0. The Morgan fingerprint density at radius 1 is 1.09 bits per heavy atom. The van der Waals surface area contributed by atoms with E-state index in [-0.39, 0.29) is 54.4 Å². The van der Waals surface area contributed by atoms with Crippen molar-refractivity contribution in [1.29, 1.82) is 5.26 Å². The van der Waals surface area contributed by atoms with E-state index < -0.39 is 23.6 Å². The van der Waals surface area contributed by atoms with Crippen LogP contribution in [-0.2, 0) is 9.53 Å². The Morgan fingerprint density at radius 2 is 1.93 bits per heavy atom. The molecule has 9 rings (SSSR count). The minimum atomic E-state index is -0.944. The number of piperazine rings is 1. The number of fused-ring (bicyclic) bond motifs is 4. The van der Waals surface area contributed by atoms with E-state index in [2.05, 4.69) is 25.8 Å². The lowest BCUT2D eigenvalue weighted by atomic mass is 9.95. The normalized spacial score (nSPS) is 28.6. The number of pyridine rings is 1. The summed E-state index contributed by atoms with van der Waals surface area (Å²) in [7, 11) is 0. The van der Waals surface area contributed by atoms with E-state index in [0.717, 1.165) is 58.3 Å². The van der Waals surface area contributed by atoms with Crippen LogP contribution in [0.3, 0.4) is 0 Å². The Bertz CT molecular complexity index is 1990. The molecule has 14 heteroatoms. The molecule has 6 fully saturated rings. The van der Waals surface area contributed by atoms with Gasteiger partial charge in [0.2, 0.25) is 5.91 Å². The first-order valence-corrected chi connectivity index (χ1v) is 19.4. The van der Waals surface area contributed by atoms with Gasteiger partial charge in [0.25, 0.3) is 0 Å². The summed E-state index contributed by atoms with van der Waals surface area (Å²) in [5.41, 5.74) is 0.375. The van der Waals surface area contributed by atoms with Crippen LogP contribution in [-0.4, -0.2) is 124 Å². The summed E-state index contributed by atoms with van der Waals surface area (Å²) in [6.07, 6.45) is 10.1. The average Bonchev–Trinajstić information content (AvgIpc) is 3.81. The molecule has 2 aromatic heterocycles. The number of ether oxygens (including phenoxy) is 2. The van der Waals surface area contributed by atoms with E-state index in [0.29, 0.717) is 67.0 Å². The lowest BCUT2D eigenvalue weighted by molar-refractivity contribution is -0.128. The second-order valence-corrected chi connectivity index (χ2v) is 15.9. The molecule has 0 spiro atoms. The monoisotopic (exact) mass is 742 g/mol. The third kappa shape index (κ3) is 6.47. The van der Waals surface area contributed by atoms with E-state index >= 15 is 8.78 Å². The molecule has 5 atom stereocenters. The molecule has 5 saturated heterocycles. The Balaban J connectivity index is 1.02. The molecule has 6 aliphatic rings. The Morgan fingerprint density at radius 3 is 2.72 bits per heavy atom. The number of nitriles is 1. The van der Waals surface area contributed by atoms with Crippen LogP contribution in [0.4, 0.5) is 19.0 Å². The number of benzene rings is 1. The van der Waals surface area contributed by atoms with E-state index in [9.17, 15) is 14.4 Å². The molecule has 0 radical (unpaired) electrons. The van der Waals surface area contributed by atoms with Gasteiger partial charge in [-0.2, -0.15) is 15.2 Å². The van der Waals surface area contributed by atoms with Crippen LogP contribution in [0.25, 0.3) is 22.2 Å². The molecule has 0 N–H and O–H groups in total. The first-order chi connectivity index (χ1) is 26.3. The molecule has 11 nitrogen and oxygen atoms in total. The fourth-order valence-corrected chi connectivity index (χ4v) is 9.69. The van der Waals surface area contributed by atoms with Crippen molar-refractivity contribution in [2.24, 2.45) is 0 Å². The second kappa shape index (κ2) is 14.4. The van der Waals surface area contributed by atoms with Crippen molar-refractivity contribution >= 4 is 22.6 Å². The fraction of sp³-hybridized carbons (Fsp3) is 0.575. The molecule has 284 valence electrons. The summed E-state index contributed by atoms with van der Waals surface area (Å²) in [6.45, 7) is 4.38. The lowest BCUT2D eigenvalue weighted by Gasteiger charge is -2.41.